The summed E-state index contributed by atoms with van der Waals surface area (Å²) in [7, 11) is 1.23. The second-order valence-electron chi connectivity index (χ2n) is 7.61. The molecule has 0 aromatic rings. The third kappa shape index (κ3) is 6.25. The van der Waals surface area contributed by atoms with Crippen LogP contribution in [0.3, 0.4) is 0 Å². The fourth-order valence-corrected chi connectivity index (χ4v) is 2.17. The Morgan fingerprint density at radius 3 is 1.96 bits per heavy atom. The van der Waals surface area contributed by atoms with Crippen molar-refractivity contribution >= 4 is 18.2 Å². The van der Waals surface area contributed by atoms with Gasteiger partial charge in [0, 0.05) is 6.42 Å². The van der Waals surface area contributed by atoms with E-state index >= 15 is 0 Å². The van der Waals surface area contributed by atoms with E-state index in [9.17, 15) is 14.4 Å². The van der Waals surface area contributed by atoms with E-state index in [1.807, 2.05) is 0 Å². The summed E-state index contributed by atoms with van der Waals surface area (Å²) in [4.78, 5) is 37.2. The number of amides is 1. The molecule has 0 bridgehead atoms. The molecule has 24 heavy (non-hydrogen) atoms. The lowest BCUT2D eigenvalue weighted by molar-refractivity contribution is -0.145. The molecular weight excluding hydrogens is 318 g/mol. The highest BCUT2D eigenvalue weighted by Crippen LogP contribution is 2.25. The second kappa shape index (κ2) is 7.27. The molecule has 2 atom stereocenters. The molecule has 8 heteroatoms. The maximum Gasteiger partial charge on any atom is 0.509 e. The van der Waals surface area contributed by atoms with E-state index in [0.717, 1.165) is 0 Å². The number of hydrogen-bond acceptors (Lipinski definition) is 7. The Kier molecular flexibility index (Phi) is 6.08. The molecule has 0 aromatic carbocycles. The lowest BCUT2D eigenvalue weighted by Crippen LogP contribution is -2.44. The van der Waals surface area contributed by atoms with Gasteiger partial charge in [-0.1, -0.05) is 0 Å². The third-order valence-electron chi connectivity index (χ3n) is 3.02. The van der Waals surface area contributed by atoms with Crippen molar-refractivity contribution in [1.29, 1.82) is 0 Å². The molecule has 1 aliphatic heterocycles. The first-order chi connectivity index (χ1) is 10.8. The van der Waals surface area contributed by atoms with Crippen molar-refractivity contribution in [2.24, 2.45) is 0 Å². The molecule has 1 aliphatic rings. The van der Waals surface area contributed by atoms with Crippen molar-refractivity contribution in [3.05, 3.63) is 0 Å². The quantitative estimate of drug-likeness (QED) is 0.561. The maximum atomic E-state index is 12.3. The molecule has 0 spiro atoms. The molecular formula is C16H27NO7. The van der Waals surface area contributed by atoms with Crippen molar-refractivity contribution in [1.82, 2.24) is 4.90 Å². The Morgan fingerprint density at radius 1 is 0.958 bits per heavy atom. The zero-order valence-corrected chi connectivity index (χ0v) is 15.4. The third-order valence-corrected chi connectivity index (χ3v) is 3.02. The first kappa shape index (κ1) is 20.1. The van der Waals surface area contributed by atoms with Crippen LogP contribution in [0.1, 0.15) is 48.0 Å². The number of nitrogens with zero attached hydrogens (tertiary/aromatic N) is 1. The Balaban J connectivity index is 2.78. The van der Waals surface area contributed by atoms with Crippen molar-refractivity contribution in [3.8, 4) is 0 Å². The van der Waals surface area contributed by atoms with Gasteiger partial charge in [-0.25, -0.2) is 14.4 Å². The molecule has 0 aromatic heterocycles. The van der Waals surface area contributed by atoms with E-state index in [-0.39, 0.29) is 13.0 Å². The number of likely N-dealkylation sites (tertiary alicyclic amines) is 1. The van der Waals surface area contributed by atoms with Gasteiger partial charge in [0.2, 0.25) is 0 Å². The molecule has 138 valence electrons. The van der Waals surface area contributed by atoms with Crippen molar-refractivity contribution < 1.29 is 33.3 Å². The van der Waals surface area contributed by atoms with Crippen LogP contribution in [0, 0.1) is 0 Å². The predicted molar refractivity (Wildman–Crippen MR) is 84.5 cm³/mol. The molecule has 0 N–H and O–H groups in total. The summed E-state index contributed by atoms with van der Waals surface area (Å²) in [5.74, 6) is -0.587. The Labute approximate surface area is 142 Å². The van der Waals surface area contributed by atoms with Crippen LogP contribution in [0.25, 0.3) is 0 Å². The lowest BCUT2D eigenvalue weighted by Gasteiger charge is -2.27. The van der Waals surface area contributed by atoms with E-state index in [2.05, 4.69) is 0 Å². The Bertz CT molecular complexity index is 490. The summed E-state index contributed by atoms with van der Waals surface area (Å²) in [6, 6.07) is -0.864. The predicted octanol–water partition coefficient (Wildman–Crippen LogP) is 2.49. The fourth-order valence-electron chi connectivity index (χ4n) is 2.17. The van der Waals surface area contributed by atoms with Gasteiger partial charge in [-0.05, 0) is 41.5 Å². The largest absolute Gasteiger partial charge is 0.509 e. The van der Waals surface area contributed by atoms with Crippen molar-refractivity contribution in [3.63, 3.8) is 0 Å². The van der Waals surface area contributed by atoms with Crippen LogP contribution in [-0.4, -0.2) is 60.1 Å². The highest BCUT2D eigenvalue weighted by atomic mass is 16.7. The van der Waals surface area contributed by atoms with Crippen LogP contribution in [0.5, 0.6) is 0 Å². The van der Waals surface area contributed by atoms with Gasteiger partial charge >= 0.3 is 18.2 Å². The van der Waals surface area contributed by atoms with E-state index < -0.39 is 41.6 Å². The van der Waals surface area contributed by atoms with Gasteiger partial charge in [-0.15, -0.1) is 0 Å². The average molecular weight is 345 g/mol. The van der Waals surface area contributed by atoms with E-state index in [1.54, 1.807) is 41.5 Å². The number of carbonyl (C=O) groups is 3. The minimum Gasteiger partial charge on any atom is -0.467 e. The zero-order valence-electron chi connectivity index (χ0n) is 15.4. The van der Waals surface area contributed by atoms with E-state index in [0.29, 0.717) is 0 Å². The van der Waals surface area contributed by atoms with Crippen LogP contribution in [-0.2, 0) is 23.7 Å². The topological polar surface area (TPSA) is 91.4 Å². The zero-order chi connectivity index (χ0) is 18.7. The second-order valence-corrected chi connectivity index (χ2v) is 7.61. The minimum atomic E-state index is -0.864. The van der Waals surface area contributed by atoms with Crippen molar-refractivity contribution in [2.45, 2.75) is 71.3 Å². The highest BCUT2D eigenvalue weighted by molar-refractivity contribution is 5.82. The van der Waals surface area contributed by atoms with Gasteiger partial charge in [0.1, 0.15) is 23.3 Å². The SMILES string of the molecule is COC(=O)[C@@H]1C[C@@H](OC(=O)OC(C)(C)C)CN1C(=O)OC(C)(C)C. The smallest absolute Gasteiger partial charge is 0.467 e. The number of ether oxygens (including phenoxy) is 4. The molecule has 0 saturated carbocycles. The normalized spacial score (nSPS) is 21.2. The summed E-state index contributed by atoms with van der Waals surface area (Å²) in [6.07, 6.45) is -2.04. The summed E-state index contributed by atoms with van der Waals surface area (Å²) in [5, 5.41) is 0. The van der Waals surface area contributed by atoms with E-state index in [4.69, 9.17) is 18.9 Å². The lowest BCUT2D eigenvalue weighted by atomic mass is 10.2. The molecule has 1 saturated heterocycles. The molecule has 1 rings (SSSR count). The van der Waals surface area contributed by atoms with E-state index in [1.165, 1.54) is 12.0 Å². The maximum absolute atomic E-state index is 12.3. The highest BCUT2D eigenvalue weighted by Gasteiger charge is 2.44. The first-order valence-electron chi connectivity index (χ1n) is 7.79. The van der Waals surface area contributed by atoms with Crippen LogP contribution < -0.4 is 0 Å². The van der Waals surface area contributed by atoms with Crippen molar-refractivity contribution in [2.75, 3.05) is 13.7 Å². The van der Waals surface area contributed by atoms with Gasteiger partial charge < -0.3 is 18.9 Å². The molecule has 0 aliphatic carbocycles. The van der Waals surface area contributed by atoms with Crippen LogP contribution in [0.4, 0.5) is 9.59 Å². The minimum absolute atomic E-state index is 0.0356. The van der Waals surface area contributed by atoms with Crippen LogP contribution >= 0.6 is 0 Å². The first-order valence-corrected chi connectivity index (χ1v) is 7.79. The number of rotatable bonds is 2. The molecule has 1 fully saturated rings. The van der Waals surface area contributed by atoms with Gasteiger partial charge in [-0.2, -0.15) is 0 Å². The molecule has 0 unspecified atom stereocenters. The summed E-state index contributed by atoms with van der Waals surface area (Å²) in [6.45, 7) is 10.4. The Morgan fingerprint density at radius 2 is 1.50 bits per heavy atom. The molecule has 1 amide bonds. The molecule has 1 heterocycles. The molecule has 0 radical (unpaired) electrons. The summed E-state index contributed by atoms with van der Waals surface area (Å²) >= 11 is 0. The number of esters is 1. The number of hydrogen-bond donors (Lipinski definition) is 0. The number of carbonyl (C=O) groups excluding carboxylic acids is 3. The fraction of sp³-hybridized carbons (Fsp3) is 0.812. The van der Waals surface area contributed by atoms with Gasteiger partial charge in [0.05, 0.1) is 13.7 Å². The van der Waals surface area contributed by atoms with Crippen LogP contribution in [0.2, 0.25) is 0 Å². The van der Waals surface area contributed by atoms with Crippen LogP contribution in [0.15, 0.2) is 0 Å². The monoisotopic (exact) mass is 345 g/mol. The Hall–Kier alpha value is -1.99. The summed E-state index contributed by atoms with van der Waals surface area (Å²) < 4.78 is 20.3. The average Bonchev–Trinajstić information content (AvgIpc) is 2.77. The van der Waals surface area contributed by atoms with Gasteiger partial charge in [0.25, 0.3) is 0 Å². The standard InChI is InChI=1S/C16H27NO7/c1-15(2,3)23-13(19)17-9-10(8-11(17)12(18)21-7)22-14(20)24-16(4,5)6/h10-11H,8-9H2,1-7H3/t10-,11+/m1/s1. The van der Waals surface area contributed by atoms with Gasteiger partial charge in [0.15, 0.2) is 0 Å². The van der Waals surface area contributed by atoms with Gasteiger partial charge in [-0.3, -0.25) is 4.90 Å². The summed E-state index contributed by atoms with van der Waals surface area (Å²) in [5.41, 5.74) is -1.40. The number of methoxy groups -OCH3 is 1. The molecule has 8 nitrogen and oxygen atoms in total.